The zero-order chi connectivity index (χ0) is 21.5. The molecule has 0 radical (unpaired) electrons. The first kappa shape index (κ1) is 21.0. The number of imide groups is 1. The summed E-state index contributed by atoms with van der Waals surface area (Å²) in [6.45, 7) is 2.02. The van der Waals surface area contributed by atoms with Gasteiger partial charge in [0.25, 0.3) is 5.91 Å². The smallest absolute Gasteiger partial charge is 0.338 e. The van der Waals surface area contributed by atoms with Crippen molar-refractivity contribution in [3.8, 4) is 5.75 Å². The largest absolute Gasteiger partial charge is 0.492 e. The lowest BCUT2D eigenvalue weighted by molar-refractivity contribution is -0.139. The third-order valence-electron chi connectivity index (χ3n) is 4.48. The summed E-state index contributed by atoms with van der Waals surface area (Å²) < 4.78 is 10.5. The Morgan fingerprint density at radius 1 is 1.00 bits per heavy atom. The van der Waals surface area contributed by atoms with Crippen LogP contribution in [0.3, 0.4) is 0 Å². The fourth-order valence-electron chi connectivity index (χ4n) is 2.98. The maximum absolute atomic E-state index is 12.2. The maximum Gasteiger partial charge on any atom is 0.338 e. The van der Waals surface area contributed by atoms with Gasteiger partial charge in [0.2, 0.25) is 11.8 Å². The van der Waals surface area contributed by atoms with Gasteiger partial charge in [-0.1, -0.05) is 24.3 Å². The predicted molar refractivity (Wildman–Crippen MR) is 108 cm³/mol. The highest BCUT2D eigenvalue weighted by Crippen LogP contribution is 2.23. The van der Waals surface area contributed by atoms with Crippen LogP contribution in [0.4, 0.5) is 5.69 Å². The molecule has 0 aliphatic carbocycles. The van der Waals surface area contributed by atoms with Gasteiger partial charge in [-0.05, 0) is 36.8 Å². The maximum atomic E-state index is 12.2. The number of carbonyl (C=O) groups is 4. The van der Waals surface area contributed by atoms with E-state index >= 15 is 0 Å². The number of benzene rings is 2. The Balaban J connectivity index is 1.52. The first-order chi connectivity index (χ1) is 14.5. The number of esters is 1. The average molecular weight is 410 g/mol. The van der Waals surface area contributed by atoms with E-state index < -0.39 is 18.5 Å². The van der Waals surface area contributed by atoms with Crippen LogP contribution < -0.4 is 10.1 Å². The molecule has 0 aromatic heterocycles. The standard InChI is InChI=1S/C22H22N2O6/c1-2-29-18-6-4-3-5-17(18)23-19(25)14-30-22(28)16-9-7-15(8-10-16)13-24-20(26)11-12-21(24)27/h3-10H,2,11-14H2,1H3,(H,23,25). The van der Waals surface area contributed by atoms with Crippen molar-refractivity contribution in [3.63, 3.8) is 0 Å². The summed E-state index contributed by atoms with van der Waals surface area (Å²) in [7, 11) is 0. The Morgan fingerprint density at radius 2 is 1.67 bits per heavy atom. The second kappa shape index (κ2) is 9.69. The fourth-order valence-corrected chi connectivity index (χ4v) is 2.98. The molecule has 3 rings (SSSR count). The van der Waals surface area contributed by atoms with Crippen molar-refractivity contribution in [3.05, 3.63) is 59.7 Å². The molecule has 1 saturated heterocycles. The molecule has 1 fully saturated rings. The topological polar surface area (TPSA) is 102 Å². The zero-order valence-corrected chi connectivity index (χ0v) is 16.6. The molecule has 8 heteroatoms. The minimum absolute atomic E-state index is 0.175. The number of nitrogens with zero attached hydrogens (tertiary/aromatic N) is 1. The van der Waals surface area contributed by atoms with Crippen LogP contribution in [0.1, 0.15) is 35.7 Å². The Labute approximate surface area is 173 Å². The normalized spacial score (nSPS) is 13.3. The lowest BCUT2D eigenvalue weighted by Gasteiger charge is -2.14. The number of hydrogen-bond donors (Lipinski definition) is 1. The SMILES string of the molecule is CCOc1ccccc1NC(=O)COC(=O)c1ccc(CN2C(=O)CCC2=O)cc1. The number of rotatable bonds is 8. The summed E-state index contributed by atoms with van der Waals surface area (Å²) in [4.78, 5) is 48.9. The molecule has 0 unspecified atom stereocenters. The average Bonchev–Trinajstić information content (AvgIpc) is 3.06. The molecular formula is C22H22N2O6. The Morgan fingerprint density at radius 3 is 2.33 bits per heavy atom. The first-order valence-electron chi connectivity index (χ1n) is 9.59. The van der Waals surface area contributed by atoms with Crippen LogP contribution in [0.15, 0.2) is 48.5 Å². The van der Waals surface area contributed by atoms with Gasteiger partial charge in [-0.3, -0.25) is 19.3 Å². The third kappa shape index (κ3) is 5.22. The van der Waals surface area contributed by atoms with Crippen molar-refractivity contribution >= 4 is 29.4 Å². The number of para-hydroxylation sites is 2. The van der Waals surface area contributed by atoms with E-state index in [2.05, 4.69) is 5.32 Å². The molecule has 2 aromatic carbocycles. The van der Waals surface area contributed by atoms with Crippen molar-refractivity contribution < 1.29 is 28.7 Å². The van der Waals surface area contributed by atoms with Crippen molar-refractivity contribution in [1.29, 1.82) is 0 Å². The number of likely N-dealkylation sites (tertiary alicyclic amines) is 1. The molecule has 3 amide bonds. The molecule has 0 saturated carbocycles. The van der Waals surface area contributed by atoms with Gasteiger partial charge in [-0.15, -0.1) is 0 Å². The summed E-state index contributed by atoms with van der Waals surface area (Å²) in [5, 5.41) is 2.65. The number of anilines is 1. The van der Waals surface area contributed by atoms with Crippen molar-refractivity contribution in [2.24, 2.45) is 0 Å². The Bertz CT molecular complexity index is 938. The molecule has 1 aliphatic rings. The number of amides is 3. The van der Waals surface area contributed by atoms with Crippen LogP contribution in [0.2, 0.25) is 0 Å². The van der Waals surface area contributed by atoms with Gasteiger partial charge >= 0.3 is 5.97 Å². The van der Waals surface area contributed by atoms with E-state index in [9.17, 15) is 19.2 Å². The minimum Gasteiger partial charge on any atom is -0.492 e. The number of nitrogens with one attached hydrogen (secondary N) is 1. The monoisotopic (exact) mass is 410 g/mol. The molecule has 8 nitrogen and oxygen atoms in total. The van der Waals surface area contributed by atoms with Crippen molar-refractivity contribution in [2.45, 2.75) is 26.3 Å². The van der Waals surface area contributed by atoms with E-state index in [1.165, 1.54) is 17.0 Å². The summed E-state index contributed by atoms with van der Waals surface area (Å²) in [6.07, 6.45) is 0.473. The molecule has 0 atom stereocenters. The summed E-state index contributed by atoms with van der Waals surface area (Å²) in [5.41, 5.74) is 1.48. The molecule has 1 heterocycles. The van der Waals surface area contributed by atoms with Crippen LogP contribution in [-0.2, 0) is 25.7 Å². The molecule has 1 aliphatic heterocycles. The molecule has 2 aromatic rings. The second-order valence-electron chi connectivity index (χ2n) is 6.62. The number of ether oxygens (including phenoxy) is 2. The molecule has 0 spiro atoms. The van der Waals surface area contributed by atoms with E-state index in [0.29, 0.717) is 18.0 Å². The van der Waals surface area contributed by atoms with Gasteiger partial charge in [-0.2, -0.15) is 0 Å². The highest BCUT2D eigenvalue weighted by atomic mass is 16.5. The highest BCUT2D eigenvalue weighted by Gasteiger charge is 2.28. The van der Waals surface area contributed by atoms with E-state index in [4.69, 9.17) is 9.47 Å². The number of carbonyl (C=O) groups excluding carboxylic acids is 4. The quantitative estimate of drug-likeness (QED) is 0.530. The molecular weight excluding hydrogens is 388 g/mol. The van der Waals surface area contributed by atoms with E-state index in [1.807, 2.05) is 6.92 Å². The molecule has 30 heavy (non-hydrogen) atoms. The van der Waals surface area contributed by atoms with Gasteiger partial charge in [0.1, 0.15) is 5.75 Å². The zero-order valence-electron chi connectivity index (χ0n) is 16.6. The lowest BCUT2D eigenvalue weighted by Crippen LogP contribution is -2.28. The summed E-state index contributed by atoms with van der Waals surface area (Å²) in [6, 6.07) is 13.3. The van der Waals surface area contributed by atoms with E-state index in [-0.39, 0.29) is 36.8 Å². The Hall–Kier alpha value is -3.68. The van der Waals surface area contributed by atoms with Crippen LogP contribution in [-0.4, -0.2) is 41.8 Å². The second-order valence-corrected chi connectivity index (χ2v) is 6.62. The molecule has 0 bridgehead atoms. The van der Waals surface area contributed by atoms with Crippen LogP contribution in [0.5, 0.6) is 5.75 Å². The highest BCUT2D eigenvalue weighted by molar-refractivity contribution is 6.01. The lowest BCUT2D eigenvalue weighted by atomic mass is 10.1. The third-order valence-corrected chi connectivity index (χ3v) is 4.48. The number of hydrogen-bond acceptors (Lipinski definition) is 6. The van der Waals surface area contributed by atoms with Gasteiger partial charge < -0.3 is 14.8 Å². The van der Waals surface area contributed by atoms with Crippen LogP contribution in [0.25, 0.3) is 0 Å². The van der Waals surface area contributed by atoms with Gasteiger partial charge in [0.05, 0.1) is 24.4 Å². The minimum atomic E-state index is -0.650. The van der Waals surface area contributed by atoms with Gasteiger partial charge in [-0.25, -0.2) is 4.79 Å². The summed E-state index contributed by atoms with van der Waals surface area (Å²) in [5.74, 6) is -0.993. The predicted octanol–water partition coefficient (Wildman–Crippen LogP) is 2.53. The molecule has 156 valence electrons. The molecule has 1 N–H and O–H groups in total. The van der Waals surface area contributed by atoms with E-state index in [1.54, 1.807) is 36.4 Å². The fraction of sp³-hybridized carbons (Fsp3) is 0.273. The Kier molecular flexibility index (Phi) is 6.79. The van der Waals surface area contributed by atoms with Gasteiger partial charge in [0.15, 0.2) is 6.61 Å². The first-order valence-corrected chi connectivity index (χ1v) is 9.59. The summed E-state index contributed by atoms with van der Waals surface area (Å²) >= 11 is 0. The van der Waals surface area contributed by atoms with Crippen molar-refractivity contribution in [2.75, 3.05) is 18.5 Å². The van der Waals surface area contributed by atoms with E-state index in [0.717, 1.165) is 5.56 Å². The van der Waals surface area contributed by atoms with Crippen LogP contribution in [0, 0.1) is 0 Å². The van der Waals surface area contributed by atoms with Crippen molar-refractivity contribution in [1.82, 2.24) is 4.90 Å². The van der Waals surface area contributed by atoms with Crippen LogP contribution >= 0.6 is 0 Å². The van der Waals surface area contributed by atoms with Gasteiger partial charge in [0, 0.05) is 12.8 Å².